The fraction of sp³-hybridized carbons (Fsp3) is 0.188. The molecule has 3 rings (SSSR count). The first-order valence-corrected chi connectivity index (χ1v) is 6.80. The third-order valence-corrected chi connectivity index (χ3v) is 3.39. The summed E-state index contributed by atoms with van der Waals surface area (Å²) in [7, 11) is 1.80. The first-order chi connectivity index (χ1) is 10.2. The second-order valence-corrected chi connectivity index (χ2v) is 4.97. The Balaban J connectivity index is 1.71. The number of carbonyl (C=O) groups is 1. The molecule has 0 spiro atoms. The highest BCUT2D eigenvalue weighted by atomic mass is 16.2. The highest BCUT2D eigenvalue weighted by Gasteiger charge is 2.12. The molecule has 2 aromatic carbocycles. The average molecular weight is 280 g/mol. The van der Waals surface area contributed by atoms with Crippen LogP contribution in [0.1, 0.15) is 5.56 Å². The number of carbonyl (C=O) groups excluding carboxylic acids is 1. The molecule has 21 heavy (non-hydrogen) atoms. The van der Waals surface area contributed by atoms with Gasteiger partial charge in [0, 0.05) is 13.6 Å². The number of amides is 1. The Morgan fingerprint density at radius 3 is 2.62 bits per heavy atom. The molecule has 0 fully saturated rings. The molecular formula is C16H16N4O. The lowest BCUT2D eigenvalue weighted by Gasteiger charge is -2.17. The number of para-hydroxylation sites is 1. The van der Waals surface area contributed by atoms with Gasteiger partial charge in [0.15, 0.2) is 0 Å². The molecule has 0 aliphatic heterocycles. The molecule has 0 bridgehead atoms. The highest BCUT2D eigenvalue weighted by Crippen LogP contribution is 2.10. The molecule has 5 heteroatoms. The molecule has 0 atom stereocenters. The van der Waals surface area contributed by atoms with E-state index in [0.29, 0.717) is 6.54 Å². The molecule has 1 aromatic heterocycles. The number of rotatable bonds is 4. The van der Waals surface area contributed by atoms with Gasteiger partial charge < -0.3 is 4.90 Å². The van der Waals surface area contributed by atoms with Crippen LogP contribution in [-0.4, -0.2) is 32.8 Å². The van der Waals surface area contributed by atoms with Crippen LogP contribution in [0.5, 0.6) is 0 Å². The first kappa shape index (κ1) is 13.3. The normalized spacial score (nSPS) is 10.7. The lowest BCUT2D eigenvalue weighted by molar-refractivity contribution is -0.131. The molecule has 0 aliphatic rings. The quantitative estimate of drug-likeness (QED) is 0.735. The van der Waals surface area contributed by atoms with E-state index in [1.807, 2.05) is 54.6 Å². The maximum Gasteiger partial charge on any atom is 0.244 e. The van der Waals surface area contributed by atoms with Crippen molar-refractivity contribution in [2.24, 2.45) is 0 Å². The van der Waals surface area contributed by atoms with E-state index in [4.69, 9.17) is 0 Å². The molecule has 5 nitrogen and oxygen atoms in total. The molecule has 0 saturated carbocycles. The van der Waals surface area contributed by atoms with Gasteiger partial charge in [0.05, 0.1) is 5.52 Å². The largest absolute Gasteiger partial charge is 0.340 e. The van der Waals surface area contributed by atoms with Crippen molar-refractivity contribution in [1.82, 2.24) is 19.9 Å². The van der Waals surface area contributed by atoms with Gasteiger partial charge >= 0.3 is 0 Å². The molecule has 0 aliphatic carbocycles. The van der Waals surface area contributed by atoms with E-state index in [1.54, 1.807) is 16.6 Å². The predicted octanol–water partition coefficient (Wildman–Crippen LogP) is 2.09. The van der Waals surface area contributed by atoms with Crippen LogP contribution >= 0.6 is 0 Å². The van der Waals surface area contributed by atoms with Gasteiger partial charge in [-0.2, -0.15) is 0 Å². The van der Waals surface area contributed by atoms with Crippen molar-refractivity contribution < 1.29 is 4.79 Å². The van der Waals surface area contributed by atoms with E-state index in [-0.39, 0.29) is 12.5 Å². The molecule has 1 heterocycles. The van der Waals surface area contributed by atoms with Crippen molar-refractivity contribution in [3.63, 3.8) is 0 Å². The molecule has 3 aromatic rings. The number of aromatic nitrogens is 3. The highest BCUT2D eigenvalue weighted by molar-refractivity contribution is 5.79. The molecule has 106 valence electrons. The van der Waals surface area contributed by atoms with Crippen LogP contribution in [-0.2, 0) is 17.9 Å². The van der Waals surface area contributed by atoms with Crippen molar-refractivity contribution in [3.05, 3.63) is 60.2 Å². The minimum Gasteiger partial charge on any atom is -0.340 e. The Labute approximate surface area is 122 Å². The second-order valence-electron chi connectivity index (χ2n) is 4.97. The topological polar surface area (TPSA) is 51.0 Å². The summed E-state index contributed by atoms with van der Waals surface area (Å²) in [5.74, 6) is 0.00880. The van der Waals surface area contributed by atoms with E-state index in [9.17, 15) is 4.79 Å². The van der Waals surface area contributed by atoms with Gasteiger partial charge in [0.1, 0.15) is 12.1 Å². The van der Waals surface area contributed by atoms with Gasteiger partial charge in [0.2, 0.25) is 5.91 Å². The van der Waals surface area contributed by atoms with Crippen LogP contribution in [0.25, 0.3) is 11.0 Å². The average Bonchev–Trinajstić information content (AvgIpc) is 2.91. The number of benzene rings is 2. The number of hydrogen-bond acceptors (Lipinski definition) is 3. The summed E-state index contributed by atoms with van der Waals surface area (Å²) in [6.07, 6.45) is 0. The summed E-state index contributed by atoms with van der Waals surface area (Å²) in [6, 6.07) is 17.6. The Bertz CT molecular complexity index is 751. The van der Waals surface area contributed by atoms with Crippen molar-refractivity contribution >= 4 is 16.9 Å². The second kappa shape index (κ2) is 5.75. The number of likely N-dealkylation sites (N-methyl/N-ethyl adjacent to an activating group) is 1. The molecule has 0 N–H and O–H groups in total. The van der Waals surface area contributed by atoms with Crippen molar-refractivity contribution in [3.8, 4) is 0 Å². The van der Waals surface area contributed by atoms with E-state index >= 15 is 0 Å². The Hall–Kier alpha value is -2.69. The van der Waals surface area contributed by atoms with E-state index in [2.05, 4.69) is 10.3 Å². The molecule has 0 radical (unpaired) electrons. The smallest absolute Gasteiger partial charge is 0.244 e. The van der Waals surface area contributed by atoms with Crippen LogP contribution < -0.4 is 0 Å². The maximum absolute atomic E-state index is 12.3. The summed E-state index contributed by atoms with van der Waals surface area (Å²) >= 11 is 0. The van der Waals surface area contributed by atoms with Crippen molar-refractivity contribution in [2.75, 3.05) is 7.05 Å². The zero-order valence-electron chi connectivity index (χ0n) is 11.8. The number of nitrogens with zero attached hydrogens (tertiary/aromatic N) is 4. The van der Waals surface area contributed by atoms with Crippen LogP contribution in [0, 0.1) is 0 Å². The molecular weight excluding hydrogens is 264 g/mol. The third-order valence-electron chi connectivity index (χ3n) is 3.39. The summed E-state index contributed by atoms with van der Waals surface area (Å²) in [5, 5.41) is 8.10. The van der Waals surface area contributed by atoms with Gasteiger partial charge in [-0.3, -0.25) is 4.79 Å². The van der Waals surface area contributed by atoms with Crippen LogP contribution in [0.2, 0.25) is 0 Å². The fourth-order valence-electron chi connectivity index (χ4n) is 2.23. The van der Waals surface area contributed by atoms with Gasteiger partial charge in [-0.05, 0) is 17.7 Å². The summed E-state index contributed by atoms with van der Waals surface area (Å²) in [4.78, 5) is 14.0. The minimum absolute atomic E-state index is 0.00880. The lowest BCUT2D eigenvalue weighted by Crippen LogP contribution is -2.30. The minimum atomic E-state index is 0.00880. The number of hydrogen-bond donors (Lipinski definition) is 0. The van der Waals surface area contributed by atoms with Crippen LogP contribution in [0.15, 0.2) is 54.6 Å². The van der Waals surface area contributed by atoms with Gasteiger partial charge in [0.25, 0.3) is 0 Å². The zero-order valence-corrected chi connectivity index (χ0v) is 11.8. The molecule has 1 amide bonds. The Morgan fingerprint density at radius 2 is 1.81 bits per heavy atom. The standard InChI is InChI=1S/C16H16N4O/c1-19(11-13-7-3-2-4-8-13)16(21)12-20-15-10-6-5-9-14(15)17-18-20/h2-10H,11-12H2,1H3. The Kier molecular flexibility index (Phi) is 3.64. The Morgan fingerprint density at radius 1 is 1.10 bits per heavy atom. The van der Waals surface area contributed by atoms with Crippen molar-refractivity contribution in [1.29, 1.82) is 0 Å². The zero-order chi connectivity index (χ0) is 14.7. The first-order valence-electron chi connectivity index (χ1n) is 6.80. The van der Waals surface area contributed by atoms with Gasteiger partial charge in [-0.1, -0.05) is 47.7 Å². The van der Waals surface area contributed by atoms with E-state index < -0.39 is 0 Å². The van der Waals surface area contributed by atoms with Crippen molar-refractivity contribution in [2.45, 2.75) is 13.1 Å². The van der Waals surface area contributed by atoms with Gasteiger partial charge in [-0.15, -0.1) is 5.10 Å². The van der Waals surface area contributed by atoms with Crippen LogP contribution in [0.4, 0.5) is 0 Å². The summed E-state index contributed by atoms with van der Waals surface area (Å²) in [6.45, 7) is 0.788. The third kappa shape index (κ3) is 2.91. The fourth-order valence-corrected chi connectivity index (χ4v) is 2.23. The molecule has 0 saturated heterocycles. The van der Waals surface area contributed by atoms with E-state index in [0.717, 1.165) is 16.6 Å². The monoisotopic (exact) mass is 280 g/mol. The van der Waals surface area contributed by atoms with E-state index in [1.165, 1.54) is 0 Å². The summed E-state index contributed by atoms with van der Waals surface area (Å²) in [5.41, 5.74) is 2.78. The van der Waals surface area contributed by atoms with Crippen LogP contribution in [0.3, 0.4) is 0 Å². The molecule has 0 unspecified atom stereocenters. The SMILES string of the molecule is CN(Cc1ccccc1)C(=O)Cn1nnc2ccccc21. The predicted molar refractivity (Wildman–Crippen MR) is 80.4 cm³/mol. The lowest BCUT2D eigenvalue weighted by atomic mass is 10.2. The maximum atomic E-state index is 12.3. The van der Waals surface area contributed by atoms with Gasteiger partial charge in [-0.25, -0.2) is 4.68 Å². The summed E-state index contributed by atoms with van der Waals surface area (Å²) < 4.78 is 1.64. The number of fused-ring (bicyclic) bond motifs is 1.